The Morgan fingerprint density at radius 2 is 2.07 bits per heavy atom. The van der Waals surface area contributed by atoms with Gasteiger partial charge in [-0.15, -0.1) is 0 Å². The van der Waals surface area contributed by atoms with Crippen molar-refractivity contribution in [2.45, 2.75) is 31.7 Å². The van der Waals surface area contributed by atoms with Crippen molar-refractivity contribution >= 4 is 6.03 Å². The lowest BCUT2D eigenvalue weighted by atomic mass is 9.76. The molecule has 1 aromatic carbocycles. The third-order valence-corrected chi connectivity index (χ3v) is 6.42. The van der Waals surface area contributed by atoms with Crippen molar-refractivity contribution in [3.8, 4) is 11.5 Å². The molecule has 0 aliphatic carbocycles. The second-order valence-corrected chi connectivity index (χ2v) is 8.52. The Balaban J connectivity index is 1.34. The van der Waals surface area contributed by atoms with Crippen molar-refractivity contribution in [2.75, 3.05) is 46.9 Å². The summed E-state index contributed by atoms with van der Waals surface area (Å²) in [6, 6.07) is 10.1. The number of aromatic nitrogens is 2. The standard InChI is InChI=1S/C22H31N5O3/c1-26-16-22(9-12-27(13-10-22)21(28)23-11-6-14-29-2)15-18(26)19-24-20(30-25-19)17-7-4-3-5-8-17/h3-5,7-8,18H,6,9-16H2,1-2H3,(H,23,28). The first-order valence-corrected chi connectivity index (χ1v) is 10.7. The first-order chi connectivity index (χ1) is 14.6. The average molecular weight is 414 g/mol. The predicted molar refractivity (Wildman–Crippen MR) is 113 cm³/mol. The Morgan fingerprint density at radius 3 is 2.80 bits per heavy atom. The number of amides is 2. The Morgan fingerprint density at radius 1 is 1.30 bits per heavy atom. The lowest BCUT2D eigenvalue weighted by Crippen LogP contribution is -2.48. The van der Waals surface area contributed by atoms with Crippen LogP contribution in [0, 0.1) is 5.41 Å². The van der Waals surface area contributed by atoms with Crippen LogP contribution in [-0.4, -0.2) is 72.9 Å². The van der Waals surface area contributed by atoms with Crippen LogP contribution in [0.5, 0.6) is 0 Å². The summed E-state index contributed by atoms with van der Waals surface area (Å²) in [6.45, 7) is 3.90. The second-order valence-electron chi connectivity index (χ2n) is 8.52. The van der Waals surface area contributed by atoms with Crippen molar-refractivity contribution < 1.29 is 14.1 Å². The summed E-state index contributed by atoms with van der Waals surface area (Å²) in [5, 5.41) is 7.27. The van der Waals surface area contributed by atoms with Crippen LogP contribution < -0.4 is 5.32 Å². The van der Waals surface area contributed by atoms with Gasteiger partial charge in [-0.25, -0.2) is 4.79 Å². The number of hydrogen-bond acceptors (Lipinski definition) is 6. The number of ether oxygens (including phenoxy) is 1. The van der Waals surface area contributed by atoms with E-state index >= 15 is 0 Å². The van der Waals surface area contributed by atoms with Crippen LogP contribution in [0.2, 0.25) is 0 Å². The average Bonchev–Trinajstić information content (AvgIpc) is 3.37. The largest absolute Gasteiger partial charge is 0.385 e. The topological polar surface area (TPSA) is 83.7 Å². The molecule has 2 aliphatic rings. The van der Waals surface area contributed by atoms with Crippen molar-refractivity contribution in [1.29, 1.82) is 0 Å². The highest BCUT2D eigenvalue weighted by Gasteiger charge is 2.46. The van der Waals surface area contributed by atoms with Crippen molar-refractivity contribution in [3.05, 3.63) is 36.2 Å². The van der Waals surface area contributed by atoms with Crippen LogP contribution in [-0.2, 0) is 4.74 Å². The van der Waals surface area contributed by atoms with Gasteiger partial charge in [-0.3, -0.25) is 4.90 Å². The van der Waals surface area contributed by atoms with Crippen LogP contribution >= 0.6 is 0 Å². The molecule has 8 heteroatoms. The minimum absolute atomic E-state index is 0.0366. The van der Waals surface area contributed by atoms with Gasteiger partial charge in [0.25, 0.3) is 5.89 Å². The zero-order valence-corrected chi connectivity index (χ0v) is 17.8. The molecule has 2 aliphatic heterocycles. The maximum atomic E-state index is 12.4. The molecule has 0 radical (unpaired) electrons. The Labute approximate surface area is 177 Å². The van der Waals surface area contributed by atoms with Crippen LogP contribution in [0.25, 0.3) is 11.5 Å². The molecular formula is C22H31N5O3. The zero-order valence-electron chi connectivity index (χ0n) is 17.8. The number of methoxy groups -OCH3 is 1. The Bertz CT molecular complexity index is 832. The molecule has 2 amide bonds. The van der Waals surface area contributed by atoms with Gasteiger partial charge in [0.2, 0.25) is 0 Å². The van der Waals surface area contributed by atoms with Gasteiger partial charge in [-0.1, -0.05) is 23.4 Å². The molecule has 2 aromatic rings. The highest BCUT2D eigenvalue weighted by Crippen LogP contribution is 2.47. The second kappa shape index (κ2) is 9.14. The van der Waals surface area contributed by atoms with Gasteiger partial charge in [-0.05, 0) is 50.3 Å². The molecule has 2 fully saturated rings. The summed E-state index contributed by atoms with van der Waals surface area (Å²) in [6.07, 6.45) is 3.84. The molecule has 1 spiro atoms. The fourth-order valence-corrected chi connectivity index (χ4v) is 4.70. The van der Waals surface area contributed by atoms with Crippen molar-refractivity contribution in [2.24, 2.45) is 5.41 Å². The number of urea groups is 1. The van der Waals surface area contributed by atoms with Gasteiger partial charge in [0.05, 0.1) is 6.04 Å². The number of hydrogen-bond donors (Lipinski definition) is 1. The normalized spacial score (nSPS) is 21.3. The summed E-state index contributed by atoms with van der Waals surface area (Å²) < 4.78 is 10.6. The molecule has 0 bridgehead atoms. The van der Waals surface area contributed by atoms with Gasteiger partial charge >= 0.3 is 6.03 Å². The smallest absolute Gasteiger partial charge is 0.317 e. The van der Waals surface area contributed by atoms with E-state index in [0.717, 1.165) is 56.7 Å². The summed E-state index contributed by atoms with van der Waals surface area (Å²) in [5.41, 5.74) is 1.15. The van der Waals surface area contributed by atoms with E-state index < -0.39 is 0 Å². The Kier molecular flexibility index (Phi) is 6.34. The van der Waals surface area contributed by atoms with Gasteiger partial charge in [0, 0.05) is 45.5 Å². The molecular weight excluding hydrogens is 382 g/mol. The summed E-state index contributed by atoms with van der Waals surface area (Å²) in [5.74, 6) is 1.33. The number of piperidine rings is 1. The predicted octanol–water partition coefficient (Wildman–Crippen LogP) is 2.94. The van der Waals surface area contributed by atoms with Crippen molar-refractivity contribution in [3.63, 3.8) is 0 Å². The van der Waals surface area contributed by atoms with Crippen LogP contribution in [0.1, 0.15) is 37.5 Å². The molecule has 3 heterocycles. The maximum absolute atomic E-state index is 12.4. The van der Waals surface area contributed by atoms with Crippen molar-refractivity contribution in [1.82, 2.24) is 25.3 Å². The molecule has 162 valence electrons. The fraction of sp³-hybridized carbons (Fsp3) is 0.591. The van der Waals surface area contributed by atoms with Gasteiger partial charge in [0.1, 0.15) is 0 Å². The number of benzene rings is 1. The van der Waals surface area contributed by atoms with Gasteiger partial charge in [-0.2, -0.15) is 4.98 Å². The molecule has 4 rings (SSSR count). The highest BCUT2D eigenvalue weighted by atomic mass is 16.5. The van der Waals surface area contributed by atoms with Crippen LogP contribution in [0.4, 0.5) is 4.79 Å². The van der Waals surface area contributed by atoms with E-state index in [0.29, 0.717) is 19.0 Å². The van der Waals surface area contributed by atoms with E-state index in [9.17, 15) is 4.79 Å². The first kappa shape index (κ1) is 20.8. The summed E-state index contributed by atoms with van der Waals surface area (Å²) in [4.78, 5) is 21.3. The SMILES string of the molecule is COCCCNC(=O)N1CCC2(CC1)CC(c1noc(-c3ccccc3)n1)N(C)C2. The molecule has 1 unspecified atom stereocenters. The summed E-state index contributed by atoms with van der Waals surface area (Å²) in [7, 11) is 3.81. The zero-order chi connectivity index (χ0) is 21.0. The highest BCUT2D eigenvalue weighted by molar-refractivity contribution is 5.74. The molecule has 8 nitrogen and oxygen atoms in total. The third kappa shape index (κ3) is 4.49. The number of rotatable bonds is 6. The molecule has 1 aromatic heterocycles. The van der Waals surface area contributed by atoms with Gasteiger partial charge < -0.3 is 19.5 Å². The number of nitrogens with one attached hydrogen (secondary N) is 1. The van der Waals surface area contributed by atoms with E-state index in [1.54, 1.807) is 7.11 Å². The summed E-state index contributed by atoms with van der Waals surface area (Å²) >= 11 is 0. The first-order valence-electron chi connectivity index (χ1n) is 10.7. The van der Waals surface area contributed by atoms with E-state index in [2.05, 4.69) is 27.4 Å². The molecule has 1 atom stereocenters. The maximum Gasteiger partial charge on any atom is 0.317 e. The number of carbonyl (C=O) groups excluding carboxylic acids is 1. The lowest BCUT2D eigenvalue weighted by Gasteiger charge is -2.39. The quantitative estimate of drug-likeness (QED) is 0.733. The van der Waals surface area contributed by atoms with Crippen LogP contribution in [0.3, 0.4) is 0 Å². The van der Waals surface area contributed by atoms with E-state index in [-0.39, 0.29) is 17.5 Å². The monoisotopic (exact) mass is 413 g/mol. The van der Waals surface area contributed by atoms with Gasteiger partial charge in [0.15, 0.2) is 5.82 Å². The van der Waals surface area contributed by atoms with E-state index in [1.807, 2.05) is 35.2 Å². The lowest BCUT2D eigenvalue weighted by molar-refractivity contribution is 0.121. The number of carbonyl (C=O) groups is 1. The van der Waals surface area contributed by atoms with Crippen LogP contribution in [0.15, 0.2) is 34.9 Å². The minimum atomic E-state index is 0.0366. The molecule has 1 N–H and O–H groups in total. The minimum Gasteiger partial charge on any atom is -0.385 e. The number of nitrogens with zero attached hydrogens (tertiary/aromatic N) is 4. The third-order valence-electron chi connectivity index (χ3n) is 6.42. The van der Waals surface area contributed by atoms with E-state index in [1.165, 1.54) is 0 Å². The van der Waals surface area contributed by atoms with E-state index in [4.69, 9.17) is 9.26 Å². The molecule has 2 saturated heterocycles. The Hall–Kier alpha value is -2.45. The molecule has 0 saturated carbocycles. The molecule has 30 heavy (non-hydrogen) atoms. The number of likely N-dealkylation sites (tertiary alicyclic amines) is 2. The fourth-order valence-electron chi connectivity index (χ4n) is 4.70.